The number of amides is 1. The van der Waals surface area contributed by atoms with E-state index in [1.807, 2.05) is 30.3 Å². The molecule has 2 aromatic rings. The smallest absolute Gasteiger partial charge is 0.275 e. The van der Waals surface area contributed by atoms with E-state index in [2.05, 4.69) is 26.2 Å². The Morgan fingerprint density at radius 2 is 1.83 bits per heavy atom. The first kappa shape index (κ1) is 16.3. The van der Waals surface area contributed by atoms with E-state index in [1.165, 1.54) is 0 Å². The van der Waals surface area contributed by atoms with Gasteiger partial charge >= 0.3 is 0 Å². The number of nitrogens with one attached hydrogen (secondary N) is 1. The third-order valence-corrected chi connectivity index (χ3v) is 4.23. The molecule has 6 heteroatoms. The normalized spacial score (nSPS) is 15.2. The molecule has 122 valence electrons. The number of methoxy groups -OCH3 is 2. The predicted octanol–water partition coefficient (Wildman–Crippen LogP) is 3.38. The van der Waals surface area contributed by atoms with Crippen molar-refractivity contribution in [1.82, 2.24) is 5.32 Å². The van der Waals surface area contributed by atoms with Crippen molar-refractivity contribution in [2.24, 2.45) is 4.99 Å². The van der Waals surface area contributed by atoms with Crippen molar-refractivity contribution in [2.75, 3.05) is 14.2 Å². The van der Waals surface area contributed by atoms with Crippen LogP contribution < -0.4 is 14.8 Å². The minimum Gasteiger partial charge on any atom is -0.493 e. The zero-order chi connectivity index (χ0) is 17.1. The summed E-state index contributed by atoms with van der Waals surface area (Å²) in [7, 11) is 3.15. The number of hydrogen-bond acceptors (Lipinski definition) is 4. The average Bonchev–Trinajstić information content (AvgIpc) is 2.95. The van der Waals surface area contributed by atoms with Gasteiger partial charge in [0.2, 0.25) is 0 Å². The number of carbonyl (C=O) groups excluding carboxylic acids is 1. The number of halogens is 1. The molecule has 0 aromatic heterocycles. The molecule has 2 aromatic carbocycles. The molecule has 0 spiro atoms. The summed E-state index contributed by atoms with van der Waals surface area (Å²) >= 11 is 3.47. The lowest BCUT2D eigenvalue weighted by Gasteiger charge is -2.07. The van der Waals surface area contributed by atoms with Crippen LogP contribution in [0, 0.1) is 0 Å². The standard InChI is InChI=1S/C18H15BrN2O3/c1-23-15-8-7-11(10-16(15)24-2)9-14-18(22)21-17(20-14)12-5-3-4-6-13(12)19/h3-10H,1-2H3,(H,20,21,22). The first-order valence-corrected chi connectivity index (χ1v) is 8.00. The van der Waals surface area contributed by atoms with E-state index in [1.54, 1.807) is 32.4 Å². The summed E-state index contributed by atoms with van der Waals surface area (Å²) in [5, 5.41) is 2.79. The van der Waals surface area contributed by atoms with Gasteiger partial charge in [-0.05, 0) is 29.8 Å². The quantitative estimate of drug-likeness (QED) is 0.819. The Hall–Kier alpha value is -2.60. The van der Waals surface area contributed by atoms with Gasteiger partial charge < -0.3 is 14.8 Å². The third kappa shape index (κ3) is 3.19. The summed E-state index contributed by atoms with van der Waals surface area (Å²) in [5.74, 6) is 1.52. The van der Waals surface area contributed by atoms with Gasteiger partial charge in [0.25, 0.3) is 5.91 Å². The fourth-order valence-corrected chi connectivity index (χ4v) is 2.82. The molecule has 0 unspecified atom stereocenters. The fraction of sp³-hybridized carbons (Fsp3) is 0.111. The highest BCUT2D eigenvalue weighted by Gasteiger charge is 2.22. The van der Waals surface area contributed by atoms with Crippen LogP contribution in [-0.2, 0) is 4.79 Å². The van der Waals surface area contributed by atoms with Crippen LogP contribution in [0.1, 0.15) is 11.1 Å². The largest absolute Gasteiger partial charge is 0.493 e. The van der Waals surface area contributed by atoms with Crippen LogP contribution >= 0.6 is 15.9 Å². The first-order valence-electron chi connectivity index (χ1n) is 7.21. The topological polar surface area (TPSA) is 59.9 Å². The molecule has 1 amide bonds. The maximum absolute atomic E-state index is 12.2. The van der Waals surface area contributed by atoms with Gasteiger partial charge in [0, 0.05) is 10.0 Å². The van der Waals surface area contributed by atoms with E-state index in [9.17, 15) is 4.79 Å². The molecule has 3 rings (SSSR count). The van der Waals surface area contributed by atoms with Crippen LogP contribution in [0.25, 0.3) is 6.08 Å². The summed E-state index contributed by atoms with van der Waals surface area (Å²) in [5.41, 5.74) is 1.98. The van der Waals surface area contributed by atoms with Crippen LogP contribution in [-0.4, -0.2) is 26.0 Å². The minimum atomic E-state index is -0.240. The Labute approximate surface area is 148 Å². The predicted molar refractivity (Wildman–Crippen MR) is 96.3 cm³/mol. The maximum atomic E-state index is 12.2. The number of ether oxygens (including phenoxy) is 2. The highest BCUT2D eigenvalue weighted by Crippen LogP contribution is 2.29. The molecule has 1 N–H and O–H groups in total. The molecule has 0 bridgehead atoms. The molecule has 0 radical (unpaired) electrons. The Kier molecular flexibility index (Phi) is 4.66. The van der Waals surface area contributed by atoms with Gasteiger partial charge in [-0.25, -0.2) is 4.99 Å². The van der Waals surface area contributed by atoms with E-state index < -0.39 is 0 Å². The van der Waals surface area contributed by atoms with Gasteiger partial charge in [-0.2, -0.15) is 0 Å². The van der Waals surface area contributed by atoms with Gasteiger partial charge in [0.05, 0.1) is 14.2 Å². The first-order chi connectivity index (χ1) is 11.6. The maximum Gasteiger partial charge on any atom is 0.275 e. The molecule has 0 atom stereocenters. The van der Waals surface area contributed by atoms with Crippen LogP contribution in [0.3, 0.4) is 0 Å². The lowest BCUT2D eigenvalue weighted by molar-refractivity contribution is -0.115. The number of aliphatic imine (C=N–C) groups is 1. The van der Waals surface area contributed by atoms with E-state index in [0.717, 1.165) is 15.6 Å². The zero-order valence-electron chi connectivity index (χ0n) is 13.2. The summed E-state index contributed by atoms with van der Waals surface area (Å²) in [6.07, 6.45) is 1.71. The average molecular weight is 387 g/mol. The minimum absolute atomic E-state index is 0.240. The lowest BCUT2D eigenvalue weighted by atomic mass is 10.1. The Morgan fingerprint density at radius 3 is 2.54 bits per heavy atom. The second kappa shape index (κ2) is 6.88. The molecular weight excluding hydrogens is 372 g/mol. The number of nitrogens with zero attached hydrogens (tertiary/aromatic N) is 1. The molecule has 0 saturated carbocycles. The van der Waals surface area contributed by atoms with Crippen LogP contribution in [0.15, 0.2) is 57.6 Å². The number of hydrogen-bond donors (Lipinski definition) is 1. The Morgan fingerprint density at radius 1 is 1.08 bits per heavy atom. The number of carbonyl (C=O) groups is 1. The SMILES string of the molecule is COc1ccc(C=C2N=C(c3ccccc3Br)NC2=O)cc1OC. The van der Waals surface area contributed by atoms with Crippen LogP contribution in [0.5, 0.6) is 11.5 Å². The van der Waals surface area contributed by atoms with Crippen LogP contribution in [0.4, 0.5) is 0 Å². The molecule has 24 heavy (non-hydrogen) atoms. The second-order valence-electron chi connectivity index (χ2n) is 5.04. The van der Waals surface area contributed by atoms with Crippen molar-refractivity contribution < 1.29 is 14.3 Å². The van der Waals surface area contributed by atoms with Gasteiger partial charge in [-0.3, -0.25) is 4.79 Å². The number of rotatable bonds is 4. The molecule has 1 aliphatic rings. The van der Waals surface area contributed by atoms with Crippen molar-refractivity contribution in [1.29, 1.82) is 0 Å². The number of benzene rings is 2. The van der Waals surface area contributed by atoms with Gasteiger partial charge in [0.15, 0.2) is 11.5 Å². The molecule has 0 saturated heterocycles. The van der Waals surface area contributed by atoms with E-state index in [4.69, 9.17) is 9.47 Å². The molecule has 5 nitrogen and oxygen atoms in total. The Bertz CT molecular complexity index is 859. The molecule has 0 aliphatic carbocycles. The van der Waals surface area contributed by atoms with E-state index in [0.29, 0.717) is 23.0 Å². The van der Waals surface area contributed by atoms with Crippen molar-refractivity contribution in [3.8, 4) is 11.5 Å². The summed E-state index contributed by atoms with van der Waals surface area (Å²) < 4.78 is 11.4. The molecule has 1 heterocycles. The third-order valence-electron chi connectivity index (χ3n) is 3.54. The molecule has 0 fully saturated rings. The summed E-state index contributed by atoms with van der Waals surface area (Å²) in [6, 6.07) is 13.0. The van der Waals surface area contributed by atoms with Gasteiger partial charge in [-0.15, -0.1) is 0 Å². The van der Waals surface area contributed by atoms with Gasteiger partial charge in [0.1, 0.15) is 11.5 Å². The summed E-state index contributed by atoms with van der Waals surface area (Å²) in [4.78, 5) is 16.6. The fourth-order valence-electron chi connectivity index (χ4n) is 2.35. The van der Waals surface area contributed by atoms with Crippen molar-refractivity contribution in [2.45, 2.75) is 0 Å². The molecule has 1 aliphatic heterocycles. The van der Waals surface area contributed by atoms with E-state index >= 15 is 0 Å². The number of amidine groups is 1. The highest BCUT2D eigenvalue weighted by atomic mass is 79.9. The van der Waals surface area contributed by atoms with Crippen molar-refractivity contribution >= 4 is 33.7 Å². The van der Waals surface area contributed by atoms with Crippen molar-refractivity contribution in [3.63, 3.8) is 0 Å². The van der Waals surface area contributed by atoms with Gasteiger partial charge in [-0.1, -0.05) is 40.2 Å². The lowest BCUT2D eigenvalue weighted by Crippen LogP contribution is -2.25. The Balaban J connectivity index is 1.96. The molecular formula is C18H15BrN2O3. The highest BCUT2D eigenvalue weighted by molar-refractivity contribution is 9.10. The van der Waals surface area contributed by atoms with Crippen molar-refractivity contribution in [3.05, 3.63) is 63.8 Å². The van der Waals surface area contributed by atoms with E-state index in [-0.39, 0.29) is 5.91 Å². The summed E-state index contributed by atoms with van der Waals surface area (Å²) in [6.45, 7) is 0. The van der Waals surface area contributed by atoms with Crippen LogP contribution in [0.2, 0.25) is 0 Å². The zero-order valence-corrected chi connectivity index (χ0v) is 14.8. The second-order valence-corrected chi connectivity index (χ2v) is 5.89. The monoisotopic (exact) mass is 386 g/mol.